The van der Waals surface area contributed by atoms with Crippen molar-refractivity contribution in [2.24, 2.45) is 0 Å². The van der Waals surface area contributed by atoms with E-state index < -0.39 is 28.6 Å². The van der Waals surface area contributed by atoms with E-state index in [1.807, 2.05) is 0 Å². The number of hydrogen-bond donors (Lipinski definition) is 0. The van der Waals surface area contributed by atoms with Gasteiger partial charge in [-0.1, -0.05) is 11.6 Å². The third kappa shape index (κ3) is 4.80. The number of benzene rings is 1. The van der Waals surface area contributed by atoms with Gasteiger partial charge in [0.1, 0.15) is 6.54 Å². The Balaban J connectivity index is 2.78. The zero-order chi connectivity index (χ0) is 16.2. The third-order valence-electron chi connectivity index (χ3n) is 2.75. The van der Waals surface area contributed by atoms with Crippen molar-refractivity contribution in [1.82, 2.24) is 4.31 Å². The average molecular weight is 334 g/mol. The van der Waals surface area contributed by atoms with Crippen LogP contribution in [-0.2, 0) is 24.3 Å². The van der Waals surface area contributed by atoms with Gasteiger partial charge in [-0.2, -0.15) is 4.31 Å². The number of Topliss-reactive ketones (excluding diaryl/α,β-unsaturated/α-hetero) is 1. The van der Waals surface area contributed by atoms with Gasteiger partial charge in [-0.05, 0) is 38.1 Å². The van der Waals surface area contributed by atoms with E-state index in [-0.39, 0.29) is 10.7 Å². The quantitative estimate of drug-likeness (QED) is 0.737. The molecule has 1 rings (SSSR count). The molecule has 0 fully saturated rings. The van der Waals surface area contributed by atoms with Crippen molar-refractivity contribution in [3.05, 3.63) is 29.3 Å². The van der Waals surface area contributed by atoms with Gasteiger partial charge in [-0.15, -0.1) is 0 Å². The number of ketones is 1. The van der Waals surface area contributed by atoms with Gasteiger partial charge < -0.3 is 4.74 Å². The van der Waals surface area contributed by atoms with Crippen LogP contribution in [0.15, 0.2) is 29.2 Å². The third-order valence-corrected chi connectivity index (χ3v) is 4.82. The molecule has 0 aromatic heterocycles. The summed E-state index contributed by atoms with van der Waals surface area (Å²) >= 11 is 5.70. The molecule has 0 radical (unpaired) electrons. The molecule has 116 valence electrons. The molecular formula is C13H16ClNO5S. The van der Waals surface area contributed by atoms with Crippen LogP contribution in [0, 0.1) is 0 Å². The van der Waals surface area contributed by atoms with Crippen LogP contribution in [0.1, 0.15) is 13.8 Å². The second-order valence-corrected chi connectivity index (χ2v) is 6.94. The Labute approximate surface area is 128 Å². The van der Waals surface area contributed by atoms with Gasteiger partial charge in [0, 0.05) is 12.1 Å². The van der Waals surface area contributed by atoms with Crippen molar-refractivity contribution in [2.75, 3.05) is 13.6 Å². The van der Waals surface area contributed by atoms with Gasteiger partial charge in [0.25, 0.3) is 0 Å². The lowest BCUT2D eigenvalue weighted by Crippen LogP contribution is -2.35. The van der Waals surface area contributed by atoms with Crippen molar-refractivity contribution < 1.29 is 22.7 Å². The van der Waals surface area contributed by atoms with Crippen molar-refractivity contribution in [1.29, 1.82) is 0 Å². The van der Waals surface area contributed by atoms with Gasteiger partial charge in [0.15, 0.2) is 11.9 Å². The van der Waals surface area contributed by atoms with Crippen molar-refractivity contribution >= 4 is 33.4 Å². The molecular weight excluding hydrogens is 318 g/mol. The Hall–Kier alpha value is -1.44. The molecule has 1 atom stereocenters. The molecule has 21 heavy (non-hydrogen) atoms. The zero-order valence-corrected chi connectivity index (χ0v) is 13.4. The van der Waals surface area contributed by atoms with E-state index in [0.717, 1.165) is 4.31 Å². The number of hydrogen-bond acceptors (Lipinski definition) is 5. The molecule has 1 unspecified atom stereocenters. The summed E-state index contributed by atoms with van der Waals surface area (Å²) in [5, 5.41) is 0.409. The summed E-state index contributed by atoms with van der Waals surface area (Å²) < 4.78 is 30.1. The van der Waals surface area contributed by atoms with E-state index in [1.54, 1.807) is 0 Å². The lowest BCUT2D eigenvalue weighted by molar-refractivity contribution is -0.153. The first-order chi connectivity index (χ1) is 9.64. The maximum absolute atomic E-state index is 12.2. The second-order valence-electron chi connectivity index (χ2n) is 4.46. The van der Waals surface area contributed by atoms with Gasteiger partial charge in [-0.3, -0.25) is 9.59 Å². The van der Waals surface area contributed by atoms with Gasteiger partial charge >= 0.3 is 5.97 Å². The van der Waals surface area contributed by atoms with Crippen molar-refractivity contribution in [3.8, 4) is 0 Å². The first kappa shape index (κ1) is 17.6. The fraction of sp³-hybridized carbons (Fsp3) is 0.385. The Morgan fingerprint density at radius 2 is 1.81 bits per heavy atom. The topological polar surface area (TPSA) is 80.8 Å². The SMILES string of the molecule is CC(=O)C(C)OC(=O)CN(C)S(=O)(=O)c1ccc(Cl)cc1. The van der Waals surface area contributed by atoms with Crippen LogP contribution in [-0.4, -0.2) is 44.2 Å². The molecule has 0 heterocycles. The van der Waals surface area contributed by atoms with Crippen LogP contribution in [0.2, 0.25) is 5.02 Å². The summed E-state index contributed by atoms with van der Waals surface area (Å²) in [5.41, 5.74) is 0. The van der Waals surface area contributed by atoms with Gasteiger partial charge in [0.2, 0.25) is 10.0 Å². The van der Waals surface area contributed by atoms with E-state index in [4.69, 9.17) is 16.3 Å². The fourth-order valence-electron chi connectivity index (χ4n) is 1.37. The number of carbonyl (C=O) groups excluding carboxylic acids is 2. The van der Waals surface area contributed by atoms with E-state index >= 15 is 0 Å². The minimum absolute atomic E-state index is 0.0156. The number of nitrogens with zero attached hydrogens (tertiary/aromatic N) is 1. The Morgan fingerprint density at radius 1 is 1.29 bits per heavy atom. The predicted molar refractivity (Wildman–Crippen MR) is 77.5 cm³/mol. The Bertz CT molecular complexity index is 626. The summed E-state index contributed by atoms with van der Waals surface area (Å²) in [6.45, 7) is 2.22. The van der Waals surface area contributed by atoms with Crippen molar-refractivity contribution in [3.63, 3.8) is 0 Å². The molecule has 0 aliphatic heterocycles. The molecule has 0 amide bonds. The predicted octanol–water partition coefficient (Wildman–Crippen LogP) is 1.48. The summed E-state index contributed by atoms with van der Waals surface area (Å²) in [7, 11) is -2.56. The smallest absolute Gasteiger partial charge is 0.321 e. The van der Waals surface area contributed by atoms with E-state index in [9.17, 15) is 18.0 Å². The highest BCUT2D eigenvalue weighted by Gasteiger charge is 2.24. The molecule has 0 N–H and O–H groups in total. The lowest BCUT2D eigenvalue weighted by atomic mass is 10.3. The monoisotopic (exact) mass is 333 g/mol. The number of likely N-dealkylation sites (N-methyl/N-ethyl adjacent to an activating group) is 1. The molecule has 0 aliphatic carbocycles. The highest BCUT2D eigenvalue weighted by Crippen LogP contribution is 2.17. The van der Waals surface area contributed by atoms with Crippen molar-refractivity contribution in [2.45, 2.75) is 24.8 Å². The number of esters is 1. The molecule has 0 spiro atoms. The van der Waals surface area contributed by atoms with Gasteiger partial charge in [0.05, 0.1) is 4.90 Å². The molecule has 1 aromatic carbocycles. The summed E-state index contributed by atoms with van der Waals surface area (Å²) in [6, 6.07) is 5.58. The van der Waals surface area contributed by atoms with Crippen LogP contribution < -0.4 is 0 Å². The summed E-state index contributed by atoms with van der Waals surface area (Å²) in [6.07, 6.45) is -0.899. The van der Waals surface area contributed by atoms with Crippen LogP contribution in [0.4, 0.5) is 0 Å². The zero-order valence-electron chi connectivity index (χ0n) is 11.9. The fourth-order valence-corrected chi connectivity index (χ4v) is 2.61. The molecule has 1 aromatic rings. The van der Waals surface area contributed by atoms with Crippen LogP contribution in [0.5, 0.6) is 0 Å². The second kappa shape index (κ2) is 7.02. The molecule has 0 saturated carbocycles. The minimum atomic E-state index is -3.82. The highest BCUT2D eigenvalue weighted by molar-refractivity contribution is 7.89. The summed E-state index contributed by atoms with van der Waals surface area (Å²) in [4.78, 5) is 22.6. The molecule has 0 saturated heterocycles. The number of carbonyl (C=O) groups is 2. The first-order valence-electron chi connectivity index (χ1n) is 6.06. The molecule has 6 nitrogen and oxygen atoms in total. The normalized spacial score (nSPS) is 13.0. The van der Waals surface area contributed by atoms with E-state index in [1.165, 1.54) is 45.2 Å². The standard InChI is InChI=1S/C13H16ClNO5S/c1-9(16)10(2)20-13(17)8-15(3)21(18,19)12-6-4-11(14)5-7-12/h4-7,10H,8H2,1-3H3. The largest absolute Gasteiger partial charge is 0.454 e. The van der Waals surface area contributed by atoms with E-state index in [0.29, 0.717) is 5.02 Å². The number of halogens is 1. The maximum Gasteiger partial charge on any atom is 0.321 e. The lowest BCUT2D eigenvalue weighted by Gasteiger charge is -2.17. The maximum atomic E-state index is 12.2. The van der Waals surface area contributed by atoms with E-state index in [2.05, 4.69) is 0 Å². The van der Waals surface area contributed by atoms with Crippen LogP contribution >= 0.6 is 11.6 Å². The van der Waals surface area contributed by atoms with Crippen LogP contribution in [0.25, 0.3) is 0 Å². The van der Waals surface area contributed by atoms with Crippen LogP contribution in [0.3, 0.4) is 0 Å². The number of rotatable bonds is 6. The minimum Gasteiger partial charge on any atom is -0.454 e. The van der Waals surface area contributed by atoms with Gasteiger partial charge in [-0.25, -0.2) is 8.42 Å². The molecule has 0 bridgehead atoms. The average Bonchev–Trinajstić information content (AvgIpc) is 2.38. The Morgan fingerprint density at radius 3 is 2.29 bits per heavy atom. The molecule has 8 heteroatoms. The molecule has 0 aliphatic rings. The number of sulfonamides is 1. The Kier molecular flexibility index (Phi) is 5.88. The first-order valence-corrected chi connectivity index (χ1v) is 7.88. The number of ether oxygens (including phenoxy) is 1. The summed E-state index contributed by atoms with van der Waals surface area (Å²) in [5.74, 6) is -1.11. The highest BCUT2D eigenvalue weighted by atomic mass is 35.5.